The van der Waals surface area contributed by atoms with E-state index in [4.69, 9.17) is 9.84 Å². The average molecular weight is 241 g/mol. The van der Waals surface area contributed by atoms with Crippen LogP contribution in [0.15, 0.2) is 5.38 Å². The smallest absolute Gasteiger partial charge is 0.304 e. The fraction of sp³-hybridized carbons (Fsp3) is 0.636. The summed E-state index contributed by atoms with van der Waals surface area (Å²) >= 11 is 1.55. The van der Waals surface area contributed by atoms with Gasteiger partial charge in [-0.05, 0) is 12.8 Å². The van der Waals surface area contributed by atoms with Crippen LogP contribution in [-0.4, -0.2) is 23.2 Å². The lowest BCUT2D eigenvalue weighted by atomic mass is 9.65. The van der Waals surface area contributed by atoms with Crippen LogP contribution in [0.25, 0.3) is 0 Å². The number of aromatic nitrogens is 1. The first kappa shape index (κ1) is 11.5. The summed E-state index contributed by atoms with van der Waals surface area (Å²) in [6, 6.07) is 0. The van der Waals surface area contributed by atoms with Crippen LogP contribution in [0.3, 0.4) is 0 Å². The number of ether oxygens (including phenoxy) is 1. The highest BCUT2D eigenvalue weighted by Crippen LogP contribution is 2.46. The van der Waals surface area contributed by atoms with Crippen LogP contribution in [0.2, 0.25) is 0 Å². The molecule has 0 spiro atoms. The molecule has 0 amide bonds. The Morgan fingerprint density at radius 1 is 1.69 bits per heavy atom. The van der Waals surface area contributed by atoms with Crippen LogP contribution in [0.5, 0.6) is 0 Å². The molecule has 0 atom stereocenters. The normalized spacial score (nSPS) is 18.1. The van der Waals surface area contributed by atoms with Gasteiger partial charge in [-0.1, -0.05) is 6.42 Å². The maximum atomic E-state index is 10.9. The first-order valence-corrected chi connectivity index (χ1v) is 6.20. The maximum absolute atomic E-state index is 10.9. The fourth-order valence-corrected chi connectivity index (χ4v) is 3.05. The second-order valence-corrected chi connectivity index (χ2v) is 5.21. The number of hydrogen-bond acceptors (Lipinski definition) is 4. The summed E-state index contributed by atoms with van der Waals surface area (Å²) in [4.78, 5) is 15.3. The molecule has 0 aliphatic heterocycles. The molecule has 1 N–H and O–H groups in total. The van der Waals surface area contributed by atoms with E-state index in [9.17, 15) is 4.79 Å². The fourth-order valence-electron chi connectivity index (χ4n) is 2.16. The van der Waals surface area contributed by atoms with Gasteiger partial charge >= 0.3 is 5.97 Å². The Hall–Kier alpha value is -0.940. The zero-order valence-corrected chi connectivity index (χ0v) is 10.0. The second-order valence-electron chi connectivity index (χ2n) is 4.26. The van der Waals surface area contributed by atoms with E-state index in [0.717, 1.165) is 30.0 Å². The Morgan fingerprint density at radius 3 is 2.94 bits per heavy atom. The topological polar surface area (TPSA) is 59.4 Å². The number of carbonyl (C=O) groups is 1. The lowest BCUT2D eigenvalue weighted by Gasteiger charge is -2.39. The zero-order valence-electron chi connectivity index (χ0n) is 9.23. The van der Waals surface area contributed by atoms with Crippen LogP contribution in [-0.2, 0) is 21.6 Å². The minimum atomic E-state index is -0.735. The predicted molar refractivity (Wildman–Crippen MR) is 60.6 cm³/mol. The molecule has 1 aliphatic carbocycles. The molecule has 1 saturated carbocycles. The van der Waals surface area contributed by atoms with E-state index in [1.54, 1.807) is 18.4 Å². The van der Waals surface area contributed by atoms with E-state index in [1.807, 2.05) is 5.38 Å². The quantitative estimate of drug-likeness (QED) is 0.858. The summed E-state index contributed by atoms with van der Waals surface area (Å²) in [5, 5.41) is 11.8. The molecule has 0 radical (unpaired) electrons. The van der Waals surface area contributed by atoms with Crippen molar-refractivity contribution in [3.63, 3.8) is 0 Å². The molecule has 1 heterocycles. The van der Waals surface area contributed by atoms with Gasteiger partial charge in [0.2, 0.25) is 0 Å². The van der Waals surface area contributed by atoms with E-state index in [0.29, 0.717) is 6.61 Å². The number of thiazole rings is 1. The number of hydrogen-bond donors (Lipinski definition) is 1. The molecule has 0 aromatic carbocycles. The molecule has 1 aromatic heterocycles. The Morgan fingerprint density at radius 2 is 2.44 bits per heavy atom. The van der Waals surface area contributed by atoms with Crippen molar-refractivity contribution in [3.05, 3.63) is 16.1 Å². The van der Waals surface area contributed by atoms with E-state index < -0.39 is 5.97 Å². The Labute approximate surface area is 98.3 Å². The molecule has 2 rings (SSSR count). The Balaban J connectivity index is 2.16. The van der Waals surface area contributed by atoms with Crippen molar-refractivity contribution in [1.82, 2.24) is 4.98 Å². The molecule has 4 nitrogen and oxygen atoms in total. The highest BCUT2D eigenvalue weighted by molar-refractivity contribution is 7.09. The number of carboxylic acids is 1. The molecular weight excluding hydrogens is 226 g/mol. The third-order valence-corrected chi connectivity index (χ3v) is 3.99. The number of methoxy groups -OCH3 is 1. The molecule has 88 valence electrons. The molecule has 0 bridgehead atoms. The number of nitrogens with zero attached hydrogens (tertiary/aromatic N) is 1. The average Bonchev–Trinajstić information content (AvgIpc) is 2.60. The molecule has 16 heavy (non-hydrogen) atoms. The largest absolute Gasteiger partial charge is 0.481 e. The van der Waals surface area contributed by atoms with Crippen LogP contribution in [0.4, 0.5) is 0 Å². The lowest BCUT2D eigenvalue weighted by Crippen LogP contribution is -2.36. The highest BCUT2D eigenvalue weighted by atomic mass is 32.1. The van der Waals surface area contributed by atoms with Gasteiger partial charge in [-0.2, -0.15) is 0 Å². The molecule has 0 saturated heterocycles. The summed E-state index contributed by atoms with van der Waals surface area (Å²) < 4.78 is 5.02. The first-order valence-electron chi connectivity index (χ1n) is 5.32. The second kappa shape index (κ2) is 4.51. The van der Waals surface area contributed by atoms with Crippen LogP contribution in [0, 0.1) is 0 Å². The van der Waals surface area contributed by atoms with Gasteiger partial charge in [0, 0.05) is 17.9 Å². The van der Waals surface area contributed by atoms with Crippen molar-refractivity contribution < 1.29 is 14.6 Å². The lowest BCUT2D eigenvalue weighted by molar-refractivity contribution is -0.139. The van der Waals surface area contributed by atoms with Gasteiger partial charge in [-0.15, -0.1) is 11.3 Å². The predicted octanol–water partition coefficient (Wildman–Crippen LogP) is 2.19. The van der Waals surface area contributed by atoms with Crippen molar-refractivity contribution in [1.29, 1.82) is 0 Å². The van der Waals surface area contributed by atoms with Crippen LogP contribution < -0.4 is 0 Å². The number of rotatable bonds is 5. The van der Waals surface area contributed by atoms with Crippen molar-refractivity contribution in [2.45, 2.75) is 37.7 Å². The summed E-state index contributed by atoms with van der Waals surface area (Å²) in [5.41, 5.74) is 0.743. The van der Waals surface area contributed by atoms with E-state index in [2.05, 4.69) is 4.98 Å². The van der Waals surface area contributed by atoms with Gasteiger partial charge in [0.1, 0.15) is 5.01 Å². The monoisotopic (exact) mass is 241 g/mol. The van der Waals surface area contributed by atoms with Crippen molar-refractivity contribution in [2.24, 2.45) is 0 Å². The van der Waals surface area contributed by atoms with E-state index >= 15 is 0 Å². The number of aliphatic carboxylic acids is 1. The molecule has 1 fully saturated rings. The summed E-state index contributed by atoms with van der Waals surface area (Å²) in [5.74, 6) is -0.735. The molecule has 5 heteroatoms. The van der Waals surface area contributed by atoms with Gasteiger partial charge in [0.05, 0.1) is 18.7 Å². The van der Waals surface area contributed by atoms with Gasteiger partial charge in [-0.3, -0.25) is 4.79 Å². The van der Waals surface area contributed by atoms with Crippen molar-refractivity contribution in [2.75, 3.05) is 7.11 Å². The van der Waals surface area contributed by atoms with Gasteiger partial charge in [0.15, 0.2) is 0 Å². The van der Waals surface area contributed by atoms with E-state index in [-0.39, 0.29) is 11.8 Å². The maximum Gasteiger partial charge on any atom is 0.304 e. The minimum absolute atomic E-state index is 0.198. The Bertz CT molecular complexity index is 384. The SMILES string of the molecule is COCc1nc(C2(CC(=O)O)CCC2)cs1. The van der Waals surface area contributed by atoms with Crippen molar-refractivity contribution in [3.8, 4) is 0 Å². The zero-order chi connectivity index (χ0) is 11.6. The first-order chi connectivity index (χ1) is 7.66. The van der Waals surface area contributed by atoms with Gasteiger partial charge in [0.25, 0.3) is 0 Å². The number of carboxylic acid groups (broad SMARTS) is 1. The summed E-state index contributed by atoms with van der Waals surface area (Å²) in [6.07, 6.45) is 3.18. The van der Waals surface area contributed by atoms with Crippen LogP contribution in [0.1, 0.15) is 36.4 Å². The Kier molecular flexibility index (Phi) is 3.25. The molecule has 0 unspecified atom stereocenters. The standard InChI is InChI=1S/C11H15NO3S/c1-15-6-9-12-8(7-16-9)11(3-2-4-11)5-10(13)14/h7H,2-6H2,1H3,(H,13,14). The molecule has 1 aromatic rings. The highest BCUT2D eigenvalue weighted by Gasteiger charge is 2.42. The molecular formula is C11H15NO3S. The third-order valence-electron chi connectivity index (χ3n) is 3.16. The summed E-state index contributed by atoms with van der Waals surface area (Å²) in [7, 11) is 1.64. The minimum Gasteiger partial charge on any atom is -0.481 e. The molecule has 1 aliphatic rings. The van der Waals surface area contributed by atoms with Gasteiger partial charge < -0.3 is 9.84 Å². The van der Waals surface area contributed by atoms with Crippen molar-refractivity contribution >= 4 is 17.3 Å². The van der Waals surface area contributed by atoms with E-state index in [1.165, 1.54) is 0 Å². The van der Waals surface area contributed by atoms with Crippen LogP contribution >= 0.6 is 11.3 Å². The van der Waals surface area contributed by atoms with Gasteiger partial charge in [-0.25, -0.2) is 4.98 Å². The summed E-state index contributed by atoms with van der Waals surface area (Å²) in [6.45, 7) is 0.508. The third kappa shape index (κ3) is 2.10.